The molecule has 6 heteroatoms. The van der Waals surface area contributed by atoms with E-state index in [1.165, 1.54) is 28.8 Å². The lowest BCUT2D eigenvalue weighted by Gasteiger charge is -2.11. The summed E-state index contributed by atoms with van der Waals surface area (Å²) >= 11 is 0. The minimum Gasteiger partial charge on any atom is -0.502 e. The number of carboxylic acid groups (broad SMARTS) is 1. The van der Waals surface area contributed by atoms with Crippen molar-refractivity contribution in [2.24, 2.45) is 0 Å². The van der Waals surface area contributed by atoms with E-state index in [0.717, 1.165) is 5.56 Å². The molecule has 0 spiro atoms. The number of carboxylic acids is 1. The molecule has 3 aromatic rings. The van der Waals surface area contributed by atoms with Gasteiger partial charge in [-0.2, -0.15) is 0 Å². The van der Waals surface area contributed by atoms with Crippen LogP contribution >= 0.6 is 0 Å². The summed E-state index contributed by atoms with van der Waals surface area (Å²) in [6.45, 7) is 0.153. The summed E-state index contributed by atoms with van der Waals surface area (Å²) in [7, 11) is 0. The minimum atomic E-state index is -1.38. The Labute approximate surface area is 136 Å². The number of carbonyl (C=O) groups is 1. The van der Waals surface area contributed by atoms with Crippen LogP contribution in [0.5, 0.6) is 11.6 Å². The van der Waals surface area contributed by atoms with Crippen LogP contribution in [0.2, 0.25) is 0 Å². The molecule has 5 nitrogen and oxygen atoms in total. The fourth-order valence-corrected chi connectivity index (χ4v) is 2.62. The molecular weight excluding hydrogens is 313 g/mol. The van der Waals surface area contributed by atoms with Crippen LogP contribution in [0.15, 0.2) is 54.6 Å². The number of nitrogens with zero attached hydrogens (tertiary/aromatic N) is 1. The number of rotatable bonds is 4. The third-order valence-electron chi connectivity index (χ3n) is 3.73. The van der Waals surface area contributed by atoms with Crippen molar-refractivity contribution in [2.45, 2.75) is 6.54 Å². The van der Waals surface area contributed by atoms with Gasteiger partial charge in [0.15, 0.2) is 5.75 Å². The average molecular weight is 327 g/mol. The molecule has 24 heavy (non-hydrogen) atoms. The maximum Gasteiger partial charge on any atom is 0.341 e. The molecule has 0 unspecified atom stereocenters. The second kappa shape index (κ2) is 6.08. The van der Waals surface area contributed by atoms with Crippen molar-refractivity contribution in [1.82, 2.24) is 4.57 Å². The molecule has 1 heterocycles. The molecule has 1 aromatic heterocycles. The van der Waals surface area contributed by atoms with Gasteiger partial charge in [-0.05, 0) is 35.4 Å². The molecule has 0 radical (unpaired) electrons. The lowest BCUT2D eigenvalue weighted by atomic mass is 10.1. The Morgan fingerprint density at radius 2 is 1.62 bits per heavy atom. The van der Waals surface area contributed by atoms with E-state index in [9.17, 15) is 24.5 Å². The summed E-state index contributed by atoms with van der Waals surface area (Å²) in [5, 5.41) is 29.6. The highest BCUT2D eigenvalue weighted by atomic mass is 19.1. The second-order valence-corrected chi connectivity index (χ2v) is 5.28. The van der Waals surface area contributed by atoms with Gasteiger partial charge in [-0.25, -0.2) is 9.18 Å². The van der Waals surface area contributed by atoms with E-state index in [-0.39, 0.29) is 12.2 Å². The van der Waals surface area contributed by atoms with Crippen LogP contribution in [-0.2, 0) is 6.54 Å². The van der Waals surface area contributed by atoms with Crippen LogP contribution in [0, 0.1) is 5.82 Å². The fraction of sp³-hybridized carbons (Fsp3) is 0.0556. The lowest BCUT2D eigenvalue weighted by Crippen LogP contribution is -2.05. The SMILES string of the molecule is O=C(O)c1c(O)c(O)n(Cc2ccccc2)c1-c1ccc(F)cc1. The average Bonchev–Trinajstić information content (AvgIpc) is 2.82. The van der Waals surface area contributed by atoms with Crippen molar-refractivity contribution in [3.63, 3.8) is 0 Å². The molecule has 0 aliphatic heterocycles. The third-order valence-corrected chi connectivity index (χ3v) is 3.73. The molecule has 3 rings (SSSR count). The van der Waals surface area contributed by atoms with Crippen molar-refractivity contribution in [3.8, 4) is 22.9 Å². The van der Waals surface area contributed by atoms with Gasteiger partial charge in [-0.15, -0.1) is 0 Å². The third kappa shape index (κ3) is 2.69. The summed E-state index contributed by atoms with van der Waals surface area (Å²) < 4.78 is 14.5. The molecule has 0 amide bonds. The smallest absolute Gasteiger partial charge is 0.341 e. The first-order valence-corrected chi connectivity index (χ1v) is 7.16. The molecule has 0 aliphatic rings. The molecule has 0 saturated heterocycles. The maximum absolute atomic E-state index is 13.2. The highest BCUT2D eigenvalue weighted by Gasteiger charge is 2.28. The monoisotopic (exact) mass is 327 g/mol. The Bertz CT molecular complexity index is 886. The largest absolute Gasteiger partial charge is 0.502 e. The van der Waals surface area contributed by atoms with E-state index < -0.39 is 29.0 Å². The molecule has 2 aromatic carbocycles. The Kier molecular flexibility index (Phi) is 3.95. The van der Waals surface area contributed by atoms with Gasteiger partial charge in [0.05, 0.1) is 12.2 Å². The summed E-state index contributed by atoms with van der Waals surface area (Å²) in [4.78, 5) is 11.5. The lowest BCUT2D eigenvalue weighted by molar-refractivity contribution is 0.0694. The highest BCUT2D eigenvalue weighted by molar-refractivity contribution is 5.99. The number of aromatic carboxylic acids is 1. The van der Waals surface area contributed by atoms with Crippen LogP contribution < -0.4 is 0 Å². The zero-order chi connectivity index (χ0) is 17.3. The molecule has 0 aliphatic carbocycles. The van der Waals surface area contributed by atoms with Crippen molar-refractivity contribution >= 4 is 5.97 Å². The van der Waals surface area contributed by atoms with E-state index >= 15 is 0 Å². The Morgan fingerprint density at radius 3 is 2.21 bits per heavy atom. The second-order valence-electron chi connectivity index (χ2n) is 5.28. The zero-order valence-corrected chi connectivity index (χ0v) is 12.5. The van der Waals surface area contributed by atoms with E-state index in [4.69, 9.17) is 0 Å². The quantitative estimate of drug-likeness (QED) is 0.685. The maximum atomic E-state index is 13.2. The van der Waals surface area contributed by atoms with Gasteiger partial charge in [0.1, 0.15) is 11.4 Å². The molecule has 0 bridgehead atoms. The van der Waals surface area contributed by atoms with E-state index in [0.29, 0.717) is 5.56 Å². The van der Waals surface area contributed by atoms with Crippen molar-refractivity contribution in [1.29, 1.82) is 0 Å². The normalized spacial score (nSPS) is 10.7. The first-order chi connectivity index (χ1) is 11.5. The summed E-state index contributed by atoms with van der Waals surface area (Å²) in [6.07, 6.45) is 0. The highest BCUT2D eigenvalue weighted by Crippen LogP contribution is 2.41. The van der Waals surface area contributed by atoms with Crippen molar-refractivity contribution in [2.75, 3.05) is 0 Å². The molecule has 0 atom stereocenters. The van der Waals surface area contributed by atoms with Gasteiger partial charge < -0.3 is 19.9 Å². The number of aromatic hydroxyl groups is 2. The molecule has 122 valence electrons. The van der Waals surface area contributed by atoms with Gasteiger partial charge >= 0.3 is 5.97 Å². The predicted molar refractivity (Wildman–Crippen MR) is 85.7 cm³/mol. The topological polar surface area (TPSA) is 82.7 Å². The number of hydrogen-bond donors (Lipinski definition) is 3. The molecule has 0 fully saturated rings. The van der Waals surface area contributed by atoms with Crippen molar-refractivity contribution in [3.05, 3.63) is 71.5 Å². The summed E-state index contributed by atoms with van der Waals surface area (Å²) in [5.41, 5.74) is 0.875. The number of benzene rings is 2. The first kappa shape index (κ1) is 15.6. The predicted octanol–water partition coefficient (Wildman–Crippen LogP) is 3.45. The number of halogens is 1. The summed E-state index contributed by atoms with van der Waals surface area (Å²) in [5.74, 6) is -3.10. The van der Waals surface area contributed by atoms with Gasteiger partial charge in [-0.3, -0.25) is 0 Å². The molecule has 3 N–H and O–H groups in total. The zero-order valence-electron chi connectivity index (χ0n) is 12.5. The molecular formula is C18H14FNO4. The van der Waals surface area contributed by atoms with Gasteiger partial charge in [0.25, 0.3) is 0 Å². The Hall–Kier alpha value is -3.28. The minimum absolute atomic E-state index is 0.112. The van der Waals surface area contributed by atoms with Crippen LogP contribution in [0.1, 0.15) is 15.9 Å². The summed E-state index contributed by atoms with van der Waals surface area (Å²) in [6, 6.07) is 14.3. The van der Waals surface area contributed by atoms with E-state index in [1.807, 2.05) is 30.3 Å². The van der Waals surface area contributed by atoms with E-state index in [2.05, 4.69) is 0 Å². The number of aromatic nitrogens is 1. The van der Waals surface area contributed by atoms with Crippen molar-refractivity contribution < 1.29 is 24.5 Å². The van der Waals surface area contributed by atoms with Crippen LogP contribution in [0.3, 0.4) is 0 Å². The van der Waals surface area contributed by atoms with E-state index in [1.54, 1.807) is 0 Å². The van der Waals surface area contributed by atoms with Crippen LogP contribution in [-0.4, -0.2) is 25.9 Å². The molecule has 0 saturated carbocycles. The van der Waals surface area contributed by atoms with Crippen LogP contribution in [0.4, 0.5) is 4.39 Å². The number of hydrogen-bond acceptors (Lipinski definition) is 3. The Balaban J connectivity index is 2.22. The van der Waals surface area contributed by atoms with Gasteiger partial charge in [-0.1, -0.05) is 30.3 Å². The fourth-order valence-electron chi connectivity index (χ4n) is 2.62. The standard InChI is InChI=1S/C18H14FNO4/c19-13-8-6-12(7-9-13)15-14(18(23)24)16(21)17(22)20(15)10-11-4-2-1-3-5-11/h1-9,21-22H,10H2,(H,23,24). The van der Waals surface area contributed by atoms with Crippen LogP contribution in [0.25, 0.3) is 11.3 Å². The first-order valence-electron chi connectivity index (χ1n) is 7.16. The Morgan fingerprint density at radius 1 is 1.00 bits per heavy atom. The van der Waals surface area contributed by atoms with Gasteiger partial charge in [0, 0.05) is 0 Å². The van der Waals surface area contributed by atoms with Gasteiger partial charge in [0.2, 0.25) is 5.88 Å².